The summed E-state index contributed by atoms with van der Waals surface area (Å²) in [5, 5.41) is 8.05. The van der Waals surface area contributed by atoms with E-state index < -0.39 is 0 Å². The molecule has 1 fully saturated rings. The number of nitrogens with zero attached hydrogens (tertiary/aromatic N) is 3. The van der Waals surface area contributed by atoms with Crippen molar-refractivity contribution in [2.75, 3.05) is 18.5 Å². The highest BCUT2D eigenvalue weighted by Crippen LogP contribution is 2.20. The first-order chi connectivity index (χ1) is 10.1. The lowest BCUT2D eigenvalue weighted by molar-refractivity contribution is -0.120. The Labute approximate surface area is 122 Å². The smallest absolute Gasteiger partial charge is 0.231 e. The third-order valence-corrected chi connectivity index (χ3v) is 3.65. The van der Waals surface area contributed by atoms with Crippen LogP contribution in [0.25, 0.3) is 11.0 Å². The van der Waals surface area contributed by atoms with Crippen molar-refractivity contribution in [3.05, 3.63) is 18.5 Å². The molecule has 3 rings (SSSR count). The third-order valence-electron chi connectivity index (χ3n) is 3.65. The molecule has 3 heterocycles. The number of nitrogens with one attached hydrogen (secondary N) is 1. The van der Waals surface area contributed by atoms with Gasteiger partial charge in [0.1, 0.15) is 0 Å². The minimum atomic E-state index is -0.306. The molecule has 0 saturated carbocycles. The van der Waals surface area contributed by atoms with Crippen molar-refractivity contribution in [2.45, 2.75) is 25.9 Å². The van der Waals surface area contributed by atoms with Gasteiger partial charge in [-0.2, -0.15) is 5.10 Å². The van der Waals surface area contributed by atoms with Crippen LogP contribution in [0.15, 0.2) is 18.5 Å². The van der Waals surface area contributed by atoms with Crippen molar-refractivity contribution in [2.24, 2.45) is 11.7 Å². The second-order valence-electron chi connectivity index (χ2n) is 5.62. The summed E-state index contributed by atoms with van der Waals surface area (Å²) < 4.78 is 7.06. The van der Waals surface area contributed by atoms with E-state index in [2.05, 4.69) is 15.4 Å². The number of anilines is 1. The summed E-state index contributed by atoms with van der Waals surface area (Å²) in [5.74, 6) is -0.434. The highest BCUT2D eigenvalue weighted by atomic mass is 16.5. The summed E-state index contributed by atoms with van der Waals surface area (Å²) in [7, 11) is 0. The molecule has 1 aliphatic heterocycles. The van der Waals surface area contributed by atoms with Gasteiger partial charge in [-0.25, -0.2) is 9.67 Å². The van der Waals surface area contributed by atoms with Gasteiger partial charge in [-0.1, -0.05) is 0 Å². The maximum absolute atomic E-state index is 12.2. The van der Waals surface area contributed by atoms with Gasteiger partial charge in [-0.05, 0) is 19.9 Å². The van der Waals surface area contributed by atoms with Crippen molar-refractivity contribution >= 4 is 22.6 Å². The van der Waals surface area contributed by atoms with Crippen LogP contribution in [0.3, 0.4) is 0 Å². The molecule has 2 aromatic rings. The van der Waals surface area contributed by atoms with Gasteiger partial charge in [0.15, 0.2) is 5.65 Å². The highest BCUT2D eigenvalue weighted by Gasteiger charge is 2.31. The summed E-state index contributed by atoms with van der Waals surface area (Å²) in [5.41, 5.74) is 7.30. The van der Waals surface area contributed by atoms with Crippen molar-refractivity contribution in [1.29, 1.82) is 0 Å². The van der Waals surface area contributed by atoms with Crippen molar-refractivity contribution < 1.29 is 9.53 Å². The zero-order chi connectivity index (χ0) is 15.0. The van der Waals surface area contributed by atoms with E-state index in [-0.39, 0.29) is 23.9 Å². The molecule has 0 bridgehead atoms. The Morgan fingerprint density at radius 1 is 1.48 bits per heavy atom. The molecule has 2 atom stereocenters. The lowest BCUT2D eigenvalue weighted by atomic mass is 10.0. The normalized spacial score (nSPS) is 22.1. The summed E-state index contributed by atoms with van der Waals surface area (Å²) in [4.78, 5) is 16.5. The van der Waals surface area contributed by atoms with Crippen LogP contribution >= 0.6 is 0 Å². The Morgan fingerprint density at radius 2 is 2.29 bits per heavy atom. The SMILES string of the molecule is CC(C)n1ncc2cc(NC(=O)C3COCC3N)cnc21. The first-order valence-corrected chi connectivity index (χ1v) is 7.03. The van der Waals surface area contributed by atoms with E-state index >= 15 is 0 Å². The van der Waals surface area contributed by atoms with E-state index in [4.69, 9.17) is 10.5 Å². The van der Waals surface area contributed by atoms with E-state index in [1.165, 1.54) is 0 Å². The molecule has 7 nitrogen and oxygen atoms in total. The lowest BCUT2D eigenvalue weighted by Gasteiger charge is -2.13. The standard InChI is InChI=1S/C14H19N5O2/c1-8(2)19-13-9(4-17-19)3-10(5-16-13)18-14(20)11-6-21-7-12(11)15/h3-5,8,11-12H,6-7,15H2,1-2H3,(H,18,20). The second-order valence-corrected chi connectivity index (χ2v) is 5.62. The maximum Gasteiger partial charge on any atom is 0.231 e. The van der Waals surface area contributed by atoms with E-state index in [9.17, 15) is 4.79 Å². The first-order valence-electron chi connectivity index (χ1n) is 7.03. The van der Waals surface area contributed by atoms with Crippen LogP contribution in [0.2, 0.25) is 0 Å². The monoisotopic (exact) mass is 289 g/mol. The Bertz CT molecular complexity index is 666. The van der Waals surface area contributed by atoms with Crippen molar-refractivity contribution in [1.82, 2.24) is 14.8 Å². The van der Waals surface area contributed by atoms with E-state index in [0.29, 0.717) is 18.9 Å². The van der Waals surface area contributed by atoms with Gasteiger partial charge in [0.25, 0.3) is 0 Å². The highest BCUT2D eigenvalue weighted by molar-refractivity contribution is 5.94. The topological polar surface area (TPSA) is 95.1 Å². The largest absolute Gasteiger partial charge is 0.379 e. The lowest BCUT2D eigenvalue weighted by Crippen LogP contribution is -2.37. The average Bonchev–Trinajstić information content (AvgIpc) is 3.04. The fourth-order valence-electron chi connectivity index (χ4n) is 2.46. The van der Waals surface area contributed by atoms with Crippen LogP contribution in [0.4, 0.5) is 5.69 Å². The zero-order valence-electron chi connectivity index (χ0n) is 12.1. The number of aromatic nitrogens is 3. The number of amides is 1. The molecule has 7 heteroatoms. The van der Waals surface area contributed by atoms with Gasteiger partial charge in [-0.3, -0.25) is 4.79 Å². The Kier molecular flexibility index (Phi) is 3.60. The van der Waals surface area contributed by atoms with Gasteiger partial charge < -0.3 is 15.8 Å². The summed E-state index contributed by atoms with van der Waals surface area (Å²) >= 11 is 0. The third kappa shape index (κ3) is 2.62. The van der Waals surface area contributed by atoms with E-state index in [0.717, 1.165) is 11.0 Å². The first kappa shape index (κ1) is 14.0. The van der Waals surface area contributed by atoms with Gasteiger partial charge in [-0.15, -0.1) is 0 Å². The van der Waals surface area contributed by atoms with Gasteiger partial charge >= 0.3 is 0 Å². The molecule has 0 aromatic carbocycles. The number of hydrogen-bond donors (Lipinski definition) is 2. The number of hydrogen-bond acceptors (Lipinski definition) is 5. The van der Waals surface area contributed by atoms with Crippen LogP contribution in [0.1, 0.15) is 19.9 Å². The van der Waals surface area contributed by atoms with Crippen LogP contribution in [-0.4, -0.2) is 39.9 Å². The minimum absolute atomic E-state index is 0.127. The molecule has 2 unspecified atom stereocenters. The summed E-state index contributed by atoms with van der Waals surface area (Å²) in [6.45, 7) is 4.89. The van der Waals surface area contributed by atoms with Crippen LogP contribution < -0.4 is 11.1 Å². The summed E-state index contributed by atoms with van der Waals surface area (Å²) in [6.07, 6.45) is 3.39. The molecule has 2 aromatic heterocycles. The molecular weight excluding hydrogens is 270 g/mol. The number of pyridine rings is 1. The predicted molar refractivity (Wildman–Crippen MR) is 78.8 cm³/mol. The van der Waals surface area contributed by atoms with Crippen molar-refractivity contribution in [3.63, 3.8) is 0 Å². The number of carbonyl (C=O) groups excluding carboxylic acids is 1. The fraction of sp³-hybridized carbons (Fsp3) is 0.500. The molecule has 1 aliphatic rings. The quantitative estimate of drug-likeness (QED) is 0.876. The van der Waals surface area contributed by atoms with Gasteiger partial charge in [0.2, 0.25) is 5.91 Å². The minimum Gasteiger partial charge on any atom is -0.379 e. The van der Waals surface area contributed by atoms with Crippen LogP contribution in [0, 0.1) is 5.92 Å². The number of rotatable bonds is 3. The van der Waals surface area contributed by atoms with Crippen LogP contribution in [-0.2, 0) is 9.53 Å². The van der Waals surface area contributed by atoms with Crippen molar-refractivity contribution in [3.8, 4) is 0 Å². The number of ether oxygens (including phenoxy) is 1. The number of carbonyl (C=O) groups is 1. The second kappa shape index (κ2) is 5.42. The van der Waals surface area contributed by atoms with E-state index in [1.807, 2.05) is 24.6 Å². The molecule has 21 heavy (non-hydrogen) atoms. The Hall–Kier alpha value is -1.99. The summed E-state index contributed by atoms with van der Waals surface area (Å²) in [6, 6.07) is 1.86. The molecule has 0 aliphatic carbocycles. The molecule has 112 valence electrons. The molecule has 1 amide bonds. The molecule has 0 radical (unpaired) electrons. The zero-order valence-corrected chi connectivity index (χ0v) is 12.1. The maximum atomic E-state index is 12.2. The Morgan fingerprint density at radius 3 is 2.95 bits per heavy atom. The predicted octanol–water partition coefficient (Wildman–Crippen LogP) is 0.924. The molecule has 3 N–H and O–H groups in total. The van der Waals surface area contributed by atoms with E-state index in [1.54, 1.807) is 12.4 Å². The van der Waals surface area contributed by atoms with Gasteiger partial charge in [0.05, 0.1) is 37.2 Å². The molecule has 0 spiro atoms. The van der Waals surface area contributed by atoms with Gasteiger partial charge in [0, 0.05) is 17.5 Å². The average molecular weight is 289 g/mol. The number of fused-ring (bicyclic) bond motifs is 1. The molecule has 1 saturated heterocycles. The van der Waals surface area contributed by atoms with Crippen LogP contribution in [0.5, 0.6) is 0 Å². The number of nitrogens with two attached hydrogens (primary N) is 1. The fourth-order valence-corrected chi connectivity index (χ4v) is 2.46. The molecular formula is C14H19N5O2. The Balaban J connectivity index is 1.80.